The fraction of sp³-hybridized carbons (Fsp3) is 0.476. The van der Waals surface area contributed by atoms with Gasteiger partial charge in [-0.1, -0.05) is 0 Å². The third-order valence-corrected chi connectivity index (χ3v) is 5.32. The Morgan fingerprint density at radius 3 is 2.40 bits per heavy atom. The Morgan fingerprint density at radius 1 is 1.10 bits per heavy atom. The molecule has 1 aromatic heterocycles. The van der Waals surface area contributed by atoms with Crippen molar-refractivity contribution in [3.05, 3.63) is 30.0 Å². The first-order valence-electron chi connectivity index (χ1n) is 10.0. The smallest absolute Gasteiger partial charge is 0.409 e. The maximum atomic E-state index is 12.8. The first-order valence-corrected chi connectivity index (χ1v) is 10.0. The van der Waals surface area contributed by atoms with Gasteiger partial charge in [0.05, 0.1) is 13.7 Å². The van der Waals surface area contributed by atoms with Crippen LogP contribution in [0, 0.1) is 0 Å². The number of fused-ring (bicyclic) bond motifs is 1. The van der Waals surface area contributed by atoms with Crippen LogP contribution < -0.4 is 10.1 Å². The van der Waals surface area contributed by atoms with E-state index in [1.54, 1.807) is 41.4 Å². The Hall–Kier alpha value is -3.23. The van der Waals surface area contributed by atoms with E-state index in [9.17, 15) is 14.4 Å². The SMILES string of the molecule is CCOC(=O)N1CCN(C(=O)C(C)NC(=O)c2cc3cc(OC)ccc3n2C)CC1. The van der Waals surface area contributed by atoms with E-state index in [4.69, 9.17) is 9.47 Å². The Kier molecular flexibility index (Phi) is 6.49. The predicted molar refractivity (Wildman–Crippen MR) is 112 cm³/mol. The Bertz CT molecular complexity index is 946. The number of nitrogens with zero attached hydrogens (tertiary/aromatic N) is 3. The second-order valence-corrected chi connectivity index (χ2v) is 7.22. The van der Waals surface area contributed by atoms with Crippen LogP contribution in [0.15, 0.2) is 24.3 Å². The lowest BCUT2D eigenvalue weighted by Crippen LogP contribution is -2.55. The minimum atomic E-state index is -0.681. The first-order chi connectivity index (χ1) is 14.3. The molecule has 2 heterocycles. The van der Waals surface area contributed by atoms with Gasteiger partial charge in [0.15, 0.2) is 0 Å². The van der Waals surface area contributed by atoms with Gasteiger partial charge in [-0.05, 0) is 38.1 Å². The highest BCUT2D eigenvalue weighted by molar-refractivity contribution is 6.01. The molecule has 2 aromatic rings. The molecule has 3 amide bonds. The van der Waals surface area contributed by atoms with Gasteiger partial charge >= 0.3 is 6.09 Å². The number of aromatic nitrogens is 1. The number of aryl methyl sites for hydroxylation is 1. The minimum Gasteiger partial charge on any atom is -0.497 e. The lowest BCUT2D eigenvalue weighted by molar-refractivity contribution is -0.134. The second-order valence-electron chi connectivity index (χ2n) is 7.22. The van der Waals surface area contributed by atoms with E-state index < -0.39 is 6.04 Å². The van der Waals surface area contributed by atoms with Gasteiger partial charge in [0.1, 0.15) is 17.5 Å². The molecule has 0 radical (unpaired) electrons. The fourth-order valence-electron chi connectivity index (χ4n) is 3.60. The number of amides is 3. The van der Waals surface area contributed by atoms with Crippen molar-refractivity contribution in [3.8, 4) is 5.75 Å². The molecular weight excluding hydrogens is 388 g/mol. The Balaban J connectivity index is 1.62. The molecule has 1 aromatic carbocycles. The lowest BCUT2D eigenvalue weighted by atomic mass is 10.2. The molecule has 0 saturated carbocycles. The van der Waals surface area contributed by atoms with Crippen molar-refractivity contribution in [1.82, 2.24) is 19.7 Å². The van der Waals surface area contributed by atoms with Crippen LogP contribution in [0.25, 0.3) is 10.9 Å². The van der Waals surface area contributed by atoms with Crippen LogP contribution in [0.1, 0.15) is 24.3 Å². The average molecular weight is 416 g/mol. The third-order valence-electron chi connectivity index (χ3n) is 5.32. The molecular formula is C21H28N4O5. The number of methoxy groups -OCH3 is 1. The molecule has 1 fully saturated rings. The van der Waals surface area contributed by atoms with Gasteiger partial charge in [0.2, 0.25) is 5.91 Å². The number of nitrogens with one attached hydrogen (secondary N) is 1. The predicted octanol–water partition coefficient (Wildman–Crippen LogP) is 1.61. The number of rotatable bonds is 5. The normalized spacial score (nSPS) is 15.1. The van der Waals surface area contributed by atoms with Gasteiger partial charge in [0.25, 0.3) is 5.91 Å². The Morgan fingerprint density at radius 2 is 1.77 bits per heavy atom. The van der Waals surface area contributed by atoms with Gasteiger partial charge in [-0.3, -0.25) is 9.59 Å². The van der Waals surface area contributed by atoms with E-state index in [2.05, 4.69) is 5.32 Å². The van der Waals surface area contributed by atoms with Crippen LogP contribution >= 0.6 is 0 Å². The van der Waals surface area contributed by atoms with E-state index in [1.165, 1.54) is 0 Å². The summed E-state index contributed by atoms with van der Waals surface area (Å²) in [5, 5.41) is 3.68. The molecule has 0 bridgehead atoms. The molecule has 0 aliphatic carbocycles. The number of hydrogen-bond donors (Lipinski definition) is 1. The summed E-state index contributed by atoms with van der Waals surface area (Å²) in [6, 6.07) is 6.69. The molecule has 1 unspecified atom stereocenters. The summed E-state index contributed by atoms with van der Waals surface area (Å²) in [5.74, 6) is 0.219. The van der Waals surface area contributed by atoms with Crippen LogP contribution in [0.4, 0.5) is 4.79 Å². The monoisotopic (exact) mass is 416 g/mol. The number of carbonyl (C=O) groups excluding carboxylic acids is 3. The van der Waals surface area contributed by atoms with E-state index >= 15 is 0 Å². The van der Waals surface area contributed by atoms with Gasteiger partial charge in [-0.25, -0.2) is 4.79 Å². The lowest BCUT2D eigenvalue weighted by Gasteiger charge is -2.35. The molecule has 1 aliphatic heterocycles. The highest BCUT2D eigenvalue weighted by atomic mass is 16.6. The number of ether oxygens (including phenoxy) is 2. The zero-order valence-electron chi connectivity index (χ0n) is 17.8. The molecule has 9 nitrogen and oxygen atoms in total. The summed E-state index contributed by atoms with van der Waals surface area (Å²) in [5.41, 5.74) is 1.36. The largest absolute Gasteiger partial charge is 0.497 e. The van der Waals surface area contributed by atoms with Crippen molar-refractivity contribution in [2.24, 2.45) is 7.05 Å². The molecule has 1 N–H and O–H groups in total. The zero-order chi connectivity index (χ0) is 21.8. The number of benzene rings is 1. The fourth-order valence-corrected chi connectivity index (χ4v) is 3.60. The van der Waals surface area contributed by atoms with Crippen molar-refractivity contribution >= 4 is 28.8 Å². The van der Waals surface area contributed by atoms with E-state index in [-0.39, 0.29) is 17.9 Å². The van der Waals surface area contributed by atoms with Crippen LogP contribution in [0.3, 0.4) is 0 Å². The standard InChI is InChI=1S/C21H28N4O5/c1-5-30-21(28)25-10-8-24(9-11-25)20(27)14(2)22-19(26)18-13-15-12-16(29-4)6-7-17(15)23(18)3/h6-7,12-14H,5,8-11H2,1-4H3,(H,22,26). The molecule has 9 heteroatoms. The number of piperazine rings is 1. The summed E-state index contributed by atoms with van der Waals surface area (Å²) >= 11 is 0. The zero-order valence-corrected chi connectivity index (χ0v) is 17.8. The summed E-state index contributed by atoms with van der Waals surface area (Å²) in [6.45, 7) is 5.39. The molecule has 1 saturated heterocycles. The van der Waals surface area contributed by atoms with Crippen molar-refractivity contribution in [1.29, 1.82) is 0 Å². The minimum absolute atomic E-state index is 0.174. The maximum absolute atomic E-state index is 12.8. The third kappa shape index (κ3) is 4.34. The molecule has 162 valence electrons. The molecule has 3 rings (SSSR count). The summed E-state index contributed by atoms with van der Waals surface area (Å²) < 4.78 is 12.0. The van der Waals surface area contributed by atoms with Crippen molar-refractivity contribution in [2.75, 3.05) is 39.9 Å². The molecule has 30 heavy (non-hydrogen) atoms. The molecule has 1 aliphatic rings. The van der Waals surface area contributed by atoms with Crippen LogP contribution in [-0.2, 0) is 16.6 Å². The topological polar surface area (TPSA) is 93.1 Å². The quantitative estimate of drug-likeness (QED) is 0.799. The maximum Gasteiger partial charge on any atom is 0.409 e. The van der Waals surface area contributed by atoms with Crippen LogP contribution in [-0.4, -0.2) is 78.2 Å². The number of hydrogen-bond acceptors (Lipinski definition) is 5. The average Bonchev–Trinajstić information content (AvgIpc) is 3.09. The van der Waals surface area contributed by atoms with E-state index in [0.29, 0.717) is 44.2 Å². The van der Waals surface area contributed by atoms with Crippen molar-refractivity contribution < 1.29 is 23.9 Å². The van der Waals surface area contributed by atoms with Crippen molar-refractivity contribution in [3.63, 3.8) is 0 Å². The summed E-state index contributed by atoms with van der Waals surface area (Å²) in [7, 11) is 3.41. The van der Waals surface area contributed by atoms with Gasteiger partial charge in [-0.15, -0.1) is 0 Å². The first kappa shape index (κ1) is 21.5. The highest BCUT2D eigenvalue weighted by Gasteiger charge is 2.28. The Labute approximate surface area is 175 Å². The van der Waals surface area contributed by atoms with E-state index in [1.807, 2.05) is 25.2 Å². The van der Waals surface area contributed by atoms with Crippen LogP contribution in [0.2, 0.25) is 0 Å². The highest BCUT2D eigenvalue weighted by Crippen LogP contribution is 2.23. The van der Waals surface area contributed by atoms with Gasteiger partial charge in [0, 0.05) is 44.1 Å². The molecule has 0 spiro atoms. The second kappa shape index (κ2) is 9.06. The van der Waals surface area contributed by atoms with Gasteiger partial charge in [-0.2, -0.15) is 0 Å². The van der Waals surface area contributed by atoms with E-state index in [0.717, 1.165) is 10.9 Å². The number of carbonyl (C=O) groups is 3. The summed E-state index contributed by atoms with van der Waals surface area (Å²) in [4.78, 5) is 40.6. The van der Waals surface area contributed by atoms with Gasteiger partial charge < -0.3 is 29.2 Å². The van der Waals surface area contributed by atoms with Crippen molar-refractivity contribution in [2.45, 2.75) is 19.9 Å². The van der Waals surface area contributed by atoms with Crippen LogP contribution in [0.5, 0.6) is 5.75 Å². The molecule has 1 atom stereocenters. The summed E-state index contributed by atoms with van der Waals surface area (Å²) in [6.07, 6.45) is -0.363.